The van der Waals surface area contributed by atoms with Gasteiger partial charge in [0.2, 0.25) is 0 Å². The maximum Gasteiger partial charge on any atom is 4.00 e. The van der Waals surface area contributed by atoms with Gasteiger partial charge in [0.05, 0.1) is 0 Å². The Morgan fingerprint density at radius 1 is 0.674 bits per heavy atom. The quantitative estimate of drug-likeness (QED) is 0.186. The molecule has 0 spiro atoms. The molecule has 9 rings (SSSR count). The van der Waals surface area contributed by atoms with Gasteiger partial charge in [-0.1, -0.05) is 36.4 Å². The van der Waals surface area contributed by atoms with Gasteiger partial charge in [0.1, 0.15) is 23.3 Å². The van der Waals surface area contributed by atoms with Gasteiger partial charge in [-0.2, -0.15) is 48.5 Å². The predicted octanol–water partition coefficient (Wildman–Crippen LogP) is 6.73. The van der Waals surface area contributed by atoms with E-state index in [9.17, 15) is 0 Å². The summed E-state index contributed by atoms with van der Waals surface area (Å²) < 4.78 is 0. The molecule has 0 radical (unpaired) electrons. The second-order valence-electron chi connectivity index (χ2n) is 11.6. The van der Waals surface area contributed by atoms with Crippen LogP contribution in [-0.4, -0.2) is 34.0 Å². The summed E-state index contributed by atoms with van der Waals surface area (Å²) in [5.74, 6) is 3.20. The maximum atomic E-state index is 4.67. The van der Waals surface area contributed by atoms with Crippen LogP contribution in [0, 0.1) is 25.5 Å². The van der Waals surface area contributed by atoms with E-state index in [0.29, 0.717) is 0 Å². The summed E-state index contributed by atoms with van der Waals surface area (Å²) >= 11 is 0. The van der Waals surface area contributed by atoms with E-state index in [4.69, 9.17) is 0 Å². The first kappa shape index (κ1) is 28.6. The molecule has 2 aromatic heterocycles. The van der Waals surface area contributed by atoms with Crippen LogP contribution in [0.2, 0.25) is 0 Å². The van der Waals surface area contributed by atoms with Crippen molar-refractivity contribution in [2.75, 3.05) is 33.7 Å². The molecule has 4 aliphatic rings. The number of benzene rings is 3. The minimum absolute atomic E-state index is 0. The van der Waals surface area contributed by atoms with E-state index >= 15 is 0 Å². The number of anilines is 6. The molecular formula is C37H28N8Pt. The largest absolute Gasteiger partial charge is 4.00 e. The van der Waals surface area contributed by atoms with Gasteiger partial charge < -0.3 is 19.6 Å². The molecule has 0 fully saturated rings. The molecule has 0 amide bonds. The smallest absolute Gasteiger partial charge is 0.487 e. The first-order valence-corrected chi connectivity index (χ1v) is 15.1. The summed E-state index contributed by atoms with van der Waals surface area (Å²) in [6.07, 6.45) is 13.6. The molecule has 0 unspecified atom stereocenters. The van der Waals surface area contributed by atoms with E-state index in [-0.39, 0.29) is 21.1 Å². The van der Waals surface area contributed by atoms with Gasteiger partial charge in [-0.3, -0.25) is 0 Å². The number of allylic oxidation sites excluding steroid dienone is 4. The molecule has 8 nitrogen and oxygen atoms in total. The summed E-state index contributed by atoms with van der Waals surface area (Å²) in [6.45, 7) is 4.04. The van der Waals surface area contributed by atoms with Crippen LogP contribution in [0.3, 0.4) is 0 Å². The van der Waals surface area contributed by atoms with Crippen LogP contribution in [0.5, 0.6) is 0 Å². The van der Waals surface area contributed by atoms with Crippen LogP contribution in [-0.2, 0) is 26.5 Å². The molecule has 4 heterocycles. The molecule has 5 aromatic rings. The van der Waals surface area contributed by atoms with Crippen LogP contribution >= 0.6 is 0 Å². The Morgan fingerprint density at radius 3 is 1.80 bits per heavy atom. The number of fused-ring (bicyclic) bond motifs is 4. The Hall–Kier alpha value is -4.81. The first-order chi connectivity index (χ1) is 22.1. The van der Waals surface area contributed by atoms with Crippen molar-refractivity contribution in [2.45, 2.75) is 18.3 Å². The van der Waals surface area contributed by atoms with E-state index in [0.717, 1.165) is 58.6 Å². The summed E-state index contributed by atoms with van der Waals surface area (Å²) in [7, 11) is 3.98. The van der Waals surface area contributed by atoms with Crippen LogP contribution in [0.25, 0.3) is 5.57 Å². The topological polar surface area (TPSA) is 64.5 Å². The average molecular weight is 780 g/mol. The fourth-order valence-corrected chi connectivity index (χ4v) is 7.27. The molecule has 2 aliphatic carbocycles. The van der Waals surface area contributed by atoms with Gasteiger partial charge in [0.25, 0.3) is 0 Å². The third-order valence-electron chi connectivity index (χ3n) is 9.14. The van der Waals surface area contributed by atoms with Gasteiger partial charge in [-0.15, -0.1) is 35.8 Å². The summed E-state index contributed by atoms with van der Waals surface area (Å²) in [6, 6.07) is 29.4. The molecule has 0 bridgehead atoms. The van der Waals surface area contributed by atoms with Gasteiger partial charge in [-0.05, 0) is 49.2 Å². The summed E-state index contributed by atoms with van der Waals surface area (Å²) in [5.41, 5.74) is 8.47. The van der Waals surface area contributed by atoms with Crippen molar-refractivity contribution in [3.63, 3.8) is 0 Å². The van der Waals surface area contributed by atoms with E-state index in [1.807, 2.05) is 37.2 Å². The summed E-state index contributed by atoms with van der Waals surface area (Å²) in [4.78, 5) is 26.6. The SMILES string of the molecule is CN1[CH-]N(c2[c-]c(C3(c4[c-]c(N5[CH-]N(C)c6nccnc65)ccc4)C4=C(CCC=C4)c4ccccc43)ccc2)c2nccnc21.[Pt+4]. The second-order valence-corrected chi connectivity index (χ2v) is 11.6. The van der Waals surface area contributed by atoms with E-state index < -0.39 is 5.41 Å². The van der Waals surface area contributed by atoms with E-state index in [1.165, 1.54) is 22.3 Å². The summed E-state index contributed by atoms with van der Waals surface area (Å²) in [5, 5.41) is 0. The monoisotopic (exact) mass is 779 g/mol. The van der Waals surface area contributed by atoms with Crippen LogP contribution in [0.4, 0.5) is 34.6 Å². The molecule has 0 saturated heterocycles. The second kappa shape index (κ2) is 10.9. The number of rotatable bonds is 4. The Balaban J connectivity index is 0.00000312. The van der Waals surface area contributed by atoms with Crippen molar-refractivity contribution >= 4 is 40.2 Å². The van der Waals surface area contributed by atoms with Crippen molar-refractivity contribution in [1.82, 2.24) is 19.9 Å². The first-order valence-electron chi connectivity index (χ1n) is 15.1. The van der Waals surface area contributed by atoms with Crippen LogP contribution in [0.1, 0.15) is 35.1 Å². The number of aromatic nitrogens is 4. The minimum Gasteiger partial charge on any atom is -0.487 e. The van der Waals surface area contributed by atoms with Gasteiger partial charge in [0.15, 0.2) is 0 Å². The maximum absolute atomic E-state index is 4.67. The molecule has 0 atom stereocenters. The van der Waals surface area contributed by atoms with Crippen molar-refractivity contribution in [1.29, 1.82) is 0 Å². The fraction of sp³-hybridized carbons (Fsp3) is 0.135. The molecule has 46 heavy (non-hydrogen) atoms. The van der Waals surface area contributed by atoms with Gasteiger partial charge in [0, 0.05) is 30.2 Å². The Morgan fingerprint density at radius 2 is 1.22 bits per heavy atom. The number of nitrogens with zero attached hydrogens (tertiary/aromatic N) is 8. The molecule has 0 N–H and O–H groups in total. The van der Waals surface area contributed by atoms with E-state index in [2.05, 4.69) is 115 Å². The van der Waals surface area contributed by atoms with Crippen molar-refractivity contribution < 1.29 is 21.1 Å². The Kier molecular flexibility index (Phi) is 6.80. The number of hydrogen-bond donors (Lipinski definition) is 0. The average Bonchev–Trinajstić information content (AvgIpc) is 3.73. The molecule has 3 aromatic carbocycles. The fourth-order valence-electron chi connectivity index (χ4n) is 7.27. The molecule has 2 aliphatic heterocycles. The molecule has 226 valence electrons. The van der Waals surface area contributed by atoms with Gasteiger partial charge in [-0.25, -0.2) is 19.9 Å². The molecular weight excluding hydrogens is 752 g/mol. The van der Waals surface area contributed by atoms with E-state index in [1.54, 1.807) is 24.8 Å². The Bertz CT molecular complexity index is 1950. The third kappa shape index (κ3) is 4.02. The van der Waals surface area contributed by atoms with Crippen LogP contribution in [0.15, 0.2) is 103 Å². The number of hydrogen-bond acceptors (Lipinski definition) is 8. The normalized spacial score (nSPS) is 17.1. The van der Waals surface area contributed by atoms with Crippen LogP contribution < -0.4 is 19.6 Å². The standard InChI is InChI=1S/C37H28N8.Pt/c1-42-23-44(35-33(42)38-17-19-40-35)27-11-7-9-25(21-27)37(31-15-5-3-13-29(31)30-14-4-6-16-32(30)37)26-10-8-12-28(22-26)45-24-43(2)34-36(45)41-20-18-39-34;/h3,5-13,15-20,23-24H,4,14H2,1-2H3;/q-4;+4. The third-order valence-corrected chi connectivity index (χ3v) is 9.14. The van der Waals surface area contributed by atoms with Crippen molar-refractivity contribution in [3.05, 3.63) is 151 Å². The van der Waals surface area contributed by atoms with Crippen molar-refractivity contribution in [2.24, 2.45) is 0 Å². The molecule has 9 heteroatoms. The molecule has 0 saturated carbocycles. The zero-order chi connectivity index (χ0) is 30.1. The minimum atomic E-state index is -0.636. The predicted molar refractivity (Wildman–Crippen MR) is 176 cm³/mol. The van der Waals surface area contributed by atoms with Gasteiger partial charge >= 0.3 is 21.1 Å². The zero-order valence-electron chi connectivity index (χ0n) is 25.2. The zero-order valence-corrected chi connectivity index (χ0v) is 27.5. The Labute approximate surface area is 283 Å². The van der Waals surface area contributed by atoms with Crippen molar-refractivity contribution in [3.8, 4) is 0 Å².